The molecule has 0 atom stereocenters. The van der Waals surface area contributed by atoms with Gasteiger partial charge in [-0.3, -0.25) is 0 Å². The highest BCUT2D eigenvalue weighted by molar-refractivity contribution is 6.34. The van der Waals surface area contributed by atoms with Crippen molar-refractivity contribution in [3.63, 3.8) is 0 Å². The molecule has 0 N–H and O–H groups in total. The number of carbonyl (C=O) groups excluding carboxylic acids is 2. The number of aromatic nitrogens is 3. The van der Waals surface area contributed by atoms with Gasteiger partial charge in [-0.2, -0.15) is 0 Å². The first-order chi connectivity index (χ1) is 17.8. The first kappa shape index (κ1) is 27.9. The van der Waals surface area contributed by atoms with Crippen LogP contribution in [0, 0.1) is 0 Å². The van der Waals surface area contributed by atoms with Gasteiger partial charge >= 0.3 is 12.2 Å². The van der Waals surface area contributed by atoms with Crippen LogP contribution >= 0.6 is 11.6 Å². The minimum atomic E-state index is -0.709. The molecule has 1 aliphatic heterocycles. The summed E-state index contributed by atoms with van der Waals surface area (Å²) in [4.78, 5) is 36.5. The van der Waals surface area contributed by atoms with Crippen molar-refractivity contribution in [2.45, 2.75) is 78.3 Å². The van der Waals surface area contributed by atoms with E-state index in [1.54, 1.807) is 11.0 Å². The van der Waals surface area contributed by atoms with Gasteiger partial charge in [-0.05, 0) is 60.5 Å². The Kier molecular flexibility index (Phi) is 7.99. The van der Waals surface area contributed by atoms with E-state index in [1.807, 2.05) is 71.9 Å². The van der Waals surface area contributed by atoms with Crippen molar-refractivity contribution in [3.8, 4) is 11.4 Å². The summed E-state index contributed by atoms with van der Waals surface area (Å²) < 4.78 is 18.8. The van der Waals surface area contributed by atoms with Crippen LogP contribution in [-0.4, -0.2) is 62.0 Å². The van der Waals surface area contributed by atoms with Gasteiger partial charge in [0.05, 0.1) is 23.8 Å². The highest BCUT2D eigenvalue weighted by Crippen LogP contribution is 2.30. The second-order valence-electron chi connectivity index (χ2n) is 11.4. The molecule has 1 aromatic carbocycles. The molecule has 38 heavy (non-hydrogen) atoms. The third-order valence-corrected chi connectivity index (χ3v) is 6.15. The topological polar surface area (TPSA) is 95.8 Å². The van der Waals surface area contributed by atoms with Gasteiger partial charge in [0.1, 0.15) is 16.4 Å². The smallest absolute Gasteiger partial charge is 0.420 e. The molecule has 1 saturated heterocycles. The molecule has 0 saturated carbocycles. The number of amides is 1. The van der Waals surface area contributed by atoms with E-state index >= 15 is 0 Å². The molecule has 4 rings (SSSR count). The highest BCUT2D eigenvalue weighted by atomic mass is 35.5. The third kappa shape index (κ3) is 6.82. The molecule has 0 aliphatic carbocycles. The fourth-order valence-electron chi connectivity index (χ4n) is 4.16. The number of nitrogens with zero attached hydrogens (tertiary/aromatic N) is 4. The van der Waals surface area contributed by atoms with Crippen molar-refractivity contribution < 1.29 is 23.8 Å². The number of ether oxygens (including phenoxy) is 3. The molecule has 0 bridgehead atoms. The maximum absolute atomic E-state index is 13.3. The number of benzene rings is 1. The summed E-state index contributed by atoms with van der Waals surface area (Å²) in [5.41, 5.74) is 0.452. The average Bonchev–Trinajstić information content (AvgIpc) is 3.21. The van der Waals surface area contributed by atoms with Crippen molar-refractivity contribution in [3.05, 3.63) is 47.2 Å². The van der Waals surface area contributed by atoms with Crippen LogP contribution in [0.4, 0.5) is 9.59 Å². The van der Waals surface area contributed by atoms with Gasteiger partial charge in [0.15, 0.2) is 11.5 Å². The zero-order valence-corrected chi connectivity index (χ0v) is 23.5. The van der Waals surface area contributed by atoms with Gasteiger partial charge in [-0.25, -0.2) is 24.1 Å². The van der Waals surface area contributed by atoms with Gasteiger partial charge in [-0.1, -0.05) is 41.9 Å². The molecule has 3 heterocycles. The van der Waals surface area contributed by atoms with E-state index in [9.17, 15) is 9.59 Å². The molecule has 3 aromatic rings. The van der Waals surface area contributed by atoms with Gasteiger partial charge in [0.25, 0.3) is 0 Å². The van der Waals surface area contributed by atoms with Gasteiger partial charge in [0, 0.05) is 18.7 Å². The Hall–Kier alpha value is -3.17. The lowest BCUT2D eigenvalue weighted by atomic mass is 10.1. The van der Waals surface area contributed by atoms with E-state index in [-0.39, 0.29) is 24.0 Å². The second kappa shape index (κ2) is 10.9. The van der Waals surface area contributed by atoms with Crippen molar-refractivity contribution in [2.75, 3.05) is 13.1 Å². The highest BCUT2D eigenvalue weighted by Gasteiger charge is 2.29. The molecular formula is C28H35ClN4O5. The fourth-order valence-corrected chi connectivity index (χ4v) is 4.38. The predicted octanol–water partition coefficient (Wildman–Crippen LogP) is 6.45. The maximum Gasteiger partial charge on any atom is 0.420 e. The maximum atomic E-state index is 13.3. The number of hydrogen-bond acceptors (Lipinski definition) is 7. The number of likely N-dealkylation sites (tertiary alicyclic amines) is 1. The lowest BCUT2D eigenvalue weighted by Gasteiger charge is -2.33. The number of piperidine rings is 1. The lowest BCUT2D eigenvalue weighted by Crippen LogP contribution is -2.43. The van der Waals surface area contributed by atoms with E-state index in [4.69, 9.17) is 25.8 Å². The molecule has 1 fully saturated rings. The summed E-state index contributed by atoms with van der Waals surface area (Å²) >= 11 is 6.57. The Balaban J connectivity index is 1.57. The van der Waals surface area contributed by atoms with E-state index in [0.29, 0.717) is 48.5 Å². The lowest BCUT2D eigenvalue weighted by molar-refractivity contribution is -0.0188. The number of carbonyl (C=O) groups is 2. The van der Waals surface area contributed by atoms with Gasteiger partial charge in [-0.15, -0.1) is 0 Å². The Morgan fingerprint density at radius 2 is 1.55 bits per heavy atom. The first-order valence-corrected chi connectivity index (χ1v) is 13.1. The second-order valence-corrected chi connectivity index (χ2v) is 11.7. The molecule has 1 amide bonds. The minimum absolute atomic E-state index is 0.0831. The van der Waals surface area contributed by atoms with Crippen LogP contribution in [0.3, 0.4) is 0 Å². The summed E-state index contributed by atoms with van der Waals surface area (Å²) in [5.74, 6) is 0.410. The molecule has 9 nitrogen and oxygen atoms in total. The molecule has 204 valence electrons. The zero-order valence-electron chi connectivity index (χ0n) is 22.8. The predicted molar refractivity (Wildman–Crippen MR) is 145 cm³/mol. The molecule has 10 heteroatoms. The standard InChI is InChI=1S/C28H35ClN4O5/c1-27(2,3)37-25(34)32-14-12-20(13-15-32)36-17-19-16-21-22(29)30-23(18-10-8-7-9-11-18)31-24(21)33(19)26(35)38-28(4,5)6/h7-11,16,20H,12-15,17H2,1-6H3. The quantitative estimate of drug-likeness (QED) is 0.349. The number of hydrogen-bond donors (Lipinski definition) is 0. The Bertz CT molecular complexity index is 1300. The fraction of sp³-hybridized carbons (Fsp3) is 0.500. The van der Waals surface area contributed by atoms with Crippen LogP contribution in [0.2, 0.25) is 5.15 Å². The van der Waals surface area contributed by atoms with E-state index in [2.05, 4.69) is 9.97 Å². The van der Waals surface area contributed by atoms with E-state index in [1.165, 1.54) is 4.57 Å². The Morgan fingerprint density at radius 3 is 2.16 bits per heavy atom. The van der Waals surface area contributed by atoms with Crippen molar-refractivity contribution in [1.29, 1.82) is 0 Å². The van der Waals surface area contributed by atoms with Gasteiger partial charge < -0.3 is 19.1 Å². The largest absolute Gasteiger partial charge is 0.444 e. The van der Waals surface area contributed by atoms with Crippen molar-refractivity contribution >= 4 is 34.8 Å². The average molecular weight is 543 g/mol. The van der Waals surface area contributed by atoms with Crippen LogP contribution in [-0.2, 0) is 20.8 Å². The third-order valence-electron chi connectivity index (χ3n) is 5.86. The summed E-state index contributed by atoms with van der Waals surface area (Å²) in [6.07, 6.45) is 0.346. The van der Waals surface area contributed by atoms with Crippen LogP contribution in [0.1, 0.15) is 60.1 Å². The van der Waals surface area contributed by atoms with Crippen LogP contribution < -0.4 is 0 Å². The monoisotopic (exact) mass is 542 g/mol. The summed E-state index contributed by atoms with van der Waals surface area (Å²) in [7, 11) is 0. The Morgan fingerprint density at radius 1 is 0.947 bits per heavy atom. The SMILES string of the molecule is CC(C)(C)OC(=O)N1CCC(OCc2cc3c(Cl)nc(-c4ccccc4)nc3n2C(=O)OC(C)(C)C)CC1. The zero-order chi connectivity index (χ0) is 27.7. The first-order valence-electron chi connectivity index (χ1n) is 12.8. The number of rotatable bonds is 4. The van der Waals surface area contributed by atoms with Crippen LogP contribution in [0.15, 0.2) is 36.4 Å². The molecule has 0 spiro atoms. The summed E-state index contributed by atoms with van der Waals surface area (Å²) in [6.45, 7) is 12.2. The number of fused-ring (bicyclic) bond motifs is 1. The summed E-state index contributed by atoms with van der Waals surface area (Å²) in [6, 6.07) is 11.2. The normalized spacial score (nSPS) is 15.1. The van der Waals surface area contributed by atoms with Crippen LogP contribution in [0.5, 0.6) is 0 Å². The van der Waals surface area contributed by atoms with Gasteiger partial charge in [0.2, 0.25) is 0 Å². The summed E-state index contributed by atoms with van der Waals surface area (Å²) in [5, 5.41) is 0.777. The van der Waals surface area contributed by atoms with Crippen molar-refractivity contribution in [2.24, 2.45) is 0 Å². The Labute approximate surface area is 228 Å². The minimum Gasteiger partial charge on any atom is -0.444 e. The molecule has 1 aliphatic rings. The molecule has 0 radical (unpaired) electrons. The van der Waals surface area contributed by atoms with Crippen molar-refractivity contribution in [1.82, 2.24) is 19.4 Å². The molecular weight excluding hydrogens is 508 g/mol. The van der Waals surface area contributed by atoms with Crippen LogP contribution in [0.25, 0.3) is 22.4 Å². The number of halogens is 1. The molecule has 2 aromatic heterocycles. The van der Waals surface area contributed by atoms with E-state index < -0.39 is 17.3 Å². The van der Waals surface area contributed by atoms with E-state index in [0.717, 1.165) is 5.56 Å². The molecule has 0 unspecified atom stereocenters.